The van der Waals surface area contributed by atoms with Gasteiger partial charge in [-0.25, -0.2) is 0 Å². The van der Waals surface area contributed by atoms with Crippen LogP contribution in [0.15, 0.2) is 60.8 Å². The molecule has 2 atom stereocenters. The summed E-state index contributed by atoms with van der Waals surface area (Å²) >= 11 is 0. The second kappa shape index (κ2) is 49.4. The Balaban J connectivity index is 4.34. The van der Waals surface area contributed by atoms with Crippen LogP contribution in [0.25, 0.3) is 0 Å². The number of nitrogens with zero attached hydrogens (tertiary/aromatic N) is 1. The van der Waals surface area contributed by atoms with Crippen molar-refractivity contribution < 1.29 is 42.9 Å². The van der Waals surface area contributed by atoms with Gasteiger partial charge in [-0.3, -0.25) is 9.59 Å². The molecule has 9 heteroatoms. The first-order valence-electron chi connectivity index (χ1n) is 27.4. The van der Waals surface area contributed by atoms with Crippen LogP contribution in [0.1, 0.15) is 232 Å². The minimum absolute atomic E-state index is 0.142. The number of ether oxygens (including phenoxy) is 4. The number of unbranched alkanes of at least 4 members (excludes halogenated alkanes) is 25. The van der Waals surface area contributed by atoms with E-state index in [1.54, 1.807) is 0 Å². The lowest BCUT2D eigenvalue weighted by atomic mass is 10.1. The summed E-state index contributed by atoms with van der Waals surface area (Å²) in [5.74, 6) is -2.30. The minimum Gasteiger partial charge on any atom is -0.545 e. The molecule has 0 aromatic heterocycles. The van der Waals surface area contributed by atoms with Gasteiger partial charge in [0.15, 0.2) is 12.4 Å². The Morgan fingerprint density at radius 1 is 0.448 bits per heavy atom. The van der Waals surface area contributed by atoms with E-state index in [9.17, 15) is 19.5 Å². The normalized spacial score (nSPS) is 13.3. The molecule has 388 valence electrons. The van der Waals surface area contributed by atoms with Crippen molar-refractivity contribution in [1.29, 1.82) is 0 Å². The van der Waals surface area contributed by atoms with Gasteiger partial charge < -0.3 is 33.3 Å². The predicted molar refractivity (Wildman–Crippen MR) is 278 cm³/mol. The van der Waals surface area contributed by atoms with Crippen molar-refractivity contribution in [3.63, 3.8) is 0 Å². The topological polar surface area (TPSA) is 111 Å². The first-order chi connectivity index (χ1) is 32.6. The number of rotatable bonds is 50. The highest BCUT2D eigenvalue weighted by molar-refractivity contribution is 5.70. The number of hydrogen-bond donors (Lipinski definition) is 0. The number of quaternary nitrogens is 1. The van der Waals surface area contributed by atoms with E-state index < -0.39 is 24.3 Å². The van der Waals surface area contributed by atoms with Crippen LogP contribution in [0.2, 0.25) is 0 Å². The van der Waals surface area contributed by atoms with Gasteiger partial charge in [0.05, 0.1) is 40.3 Å². The number of carbonyl (C=O) groups is 3. The summed E-state index contributed by atoms with van der Waals surface area (Å²) in [6.45, 7) is 4.71. The van der Waals surface area contributed by atoms with E-state index in [4.69, 9.17) is 18.9 Å². The Morgan fingerprint density at radius 3 is 1.19 bits per heavy atom. The summed E-state index contributed by atoms with van der Waals surface area (Å²) in [5.41, 5.74) is 0. The number of hydrogen-bond acceptors (Lipinski definition) is 8. The lowest BCUT2D eigenvalue weighted by Crippen LogP contribution is -2.44. The summed E-state index contributed by atoms with van der Waals surface area (Å²) in [6, 6.07) is 0. The third kappa shape index (κ3) is 50.7. The molecular formula is C58H103NO8. The minimum atomic E-state index is -1.63. The molecule has 0 saturated heterocycles. The van der Waals surface area contributed by atoms with Crippen molar-refractivity contribution in [1.82, 2.24) is 0 Å². The highest BCUT2D eigenvalue weighted by Gasteiger charge is 2.22. The van der Waals surface area contributed by atoms with Crippen LogP contribution in [0.3, 0.4) is 0 Å². The SMILES string of the molecule is CCCCCCC/C=C\C/C=C\C/C=C\CCCCCCCCC(=O)OC(COC(=O)CCCCCCCCCCC/C=C\C/C=C\CCCCCCC)COC(OCC[N+](C)(C)C)C(=O)[O-]. The number of esters is 2. The number of aliphatic carboxylic acids is 1. The maximum absolute atomic E-state index is 12.8. The molecule has 0 aromatic rings. The third-order valence-corrected chi connectivity index (χ3v) is 11.7. The second-order valence-electron chi connectivity index (χ2n) is 19.5. The van der Waals surface area contributed by atoms with Crippen LogP contribution in [-0.4, -0.2) is 82.3 Å². The molecule has 0 N–H and O–H groups in total. The summed E-state index contributed by atoms with van der Waals surface area (Å²) in [7, 11) is 5.91. The van der Waals surface area contributed by atoms with Gasteiger partial charge in [0.1, 0.15) is 13.2 Å². The lowest BCUT2D eigenvalue weighted by Gasteiger charge is -2.26. The highest BCUT2D eigenvalue weighted by atomic mass is 16.7. The highest BCUT2D eigenvalue weighted by Crippen LogP contribution is 2.14. The zero-order valence-electron chi connectivity index (χ0n) is 44.0. The number of carbonyl (C=O) groups excluding carboxylic acids is 3. The van der Waals surface area contributed by atoms with E-state index in [2.05, 4.69) is 74.6 Å². The van der Waals surface area contributed by atoms with Crippen molar-refractivity contribution in [2.75, 3.05) is 47.5 Å². The zero-order chi connectivity index (χ0) is 49.2. The van der Waals surface area contributed by atoms with Crippen LogP contribution in [-0.2, 0) is 33.3 Å². The molecule has 0 heterocycles. The molecule has 0 amide bonds. The van der Waals surface area contributed by atoms with E-state index in [0.29, 0.717) is 17.4 Å². The van der Waals surface area contributed by atoms with Crippen LogP contribution in [0.4, 0.5) is 0 Å². The average Bonchev–Trinajstić information content (AvgIpc) is 3.29. The molecular weight excluding hydrogens is 839 g/mol. The largest absolute Gasteiger partial charge is 0.545 e. The average molecular weight is 942 g/mol. The van der Waals surface area contributed by atoms with E-state index in [1.165, 1.54) is 122 Å². The van der Waals surface area contributed by atoms with Gasteiger partial charge in [0, 0.05) is 12.8 Å². The second-order valence-corrected chi connectivity index (χ2v) is 19.5. The van der Waals surface area contributed by atoms with Crippen molar-refractivity contribution in [3.8, 4) is 0 Å². The van der Waals surface area contributed by atoms with E-state index >= 15 is 0 Å². The molecule has 0 radical (unpaired) electrons. The molecule has 0 aliphatic rings. The van der Waals surface area contributed by atoms with E-state index in [0.717, 1.165) is 77.0 Å². The Hall–Kier alpha value is -3.01. The third-order valence-electron chi connectivity index (χ3n) is 11.7. The first-order valence-corrected chi connectivity index (χ1v) is 27.4. The van der Waals surface area contributed by atoms with Gasteiger partial charge in [0.25, 0.3) is 0 Å². The molecule has 2 unspecified atom stereocenters. The lowest BCUT2D eigenvalue weighted by molar-refractivity contribution is -0.870. The van der Waals surface area contributed by atoms with Crippen LogP contribution in [0, 0.1) is 0 Å². The van der Waals surface area contributed by atoms with Crippen molar-refractivity contribution in [3.05, 3.63) is 60.8 Å². The first kappa shape index (κ1) is 64.0. The monoisotopic (exact) mass is 942 g/mol. The molecule has 0 rings (SSSR count). The molecule has 67 heavy (non-hydrogen) atoms. The van der Waals surface area contributed by atoms with Gasteiger partial charge >= 0.3 is 11.9 Å². The Labute approximate surface area is 412 Å². The Kier molecular flexibility index (Phi) is 47.2. The van der Waals surface area contributed by atoms with Gasteiger partial charge in [-0.05, 0) is 83.5 Å². The summed E-state index contributed by atoms with van der Waals surface area (Å²) in [5, 5.41) is 11.8. The predicted octanol–water partition coefficient (Wildman–Crippen LogP) is 14.3. The fourth-order valence-electron chi connectivity index (χ4n) is 7.46. The molecule has 0 aliphatic heterocycles. The van der Waals surface area contributed by atoms with Gasteiger partial charge in [-0.15, -0.1) is 0 Å². The van der Waals surface area contributed by atoms with Crippen molar-refractivity contribution in [2.45, 2.75) is 245 Å². The van der Waals surface area contributed by atoms with E-state index in [-0.39, 0.29) is 38.6 Å². The van der Waals surface area contributed by atoms with Crippen LogP contribution in [0.5, 0.6) is 0 Å². The van der Waals surface area contributed by atoms with Crippen LogP contribution < -0.4 is 5.11 Å². The molecule has 0 saturated carbocycles. The molecule has 0 bridgehead atoms. The summed E-state index contributed by atoms with van der Waals surface area (Å²) < 4.78 is 22.7. The Bertz CT molecular complexity index is 1280. The quantitative estimate of drug-likeness (QED) is 0.0195. The van der Waals surface area contributed by atoms with Gasteiger partial charge in [0.2, 0.25) is 0 Å². The number of allylic oxidation sites excluding steroid dienone is 10. The molecule has 0 aromatic carbocycles. The van der Waals surface area contributed by atoms with Crippen molar-refractivity contribution in [2.24, 2.45) is 0 Å². The maximum atomic E-state index is 12.8. The zero-order valence-corrected chi connectivity index (χ0v) is 44.0. The summed E-state index contributed by atoms with van der Waals surface area (Å²) in [6.07, 6.45) is 58.2. The number of likely N-dealkylation sites (N-methyl/N-ethyl adjacent to an activating group) is 1. The maximum Gasteiger partial charge on any atom is 0.306 e. The molecule has 0 aliphatic carbocycles. The van der Waals surface area contributed by atoms with Gasteiger partial charge in [-0.1, -0.05) is 197 Å². The Morgan fingerprint density at radius 2 is 0.806 bits per heavy atom. The van der Waals surface area contributed by atoms with Crippen LogP contribution >= 0.6 is 0 Å². The standard InChI is InChI=1S/C58H103NO8/c1-6-8-10-12-14-16-18-20-22-24-26-28-30-32-34-36-38-40-42-44-46-48-55(60)65-52-54(53-66-58(57(62)63)64-51-50-59(3,4)5)67-56(61)49-47-45-43-41-39-37-35-33-31-29-27-25-23-21-19-17-15-13-11-9-7-2/h18-21,24-27,31,33,54,58H,6-17,22-23,28-30,32,34-53H2,1-5H3/b20-18-,21-19-,26-24-,27-25-,33-31-. The molecule has 0 spiro atoms. The number of carboxylic acid groups (broad SMARTS) is 1. The van der Waals surface area contributed by atoms with Crippen molar-refractivity contribution >= 4 is 17.9 Å². The fraction of sp³-hybridized carbons (Fsp3) is 0.776. The van der Waals surface area contributed by atoms with E-state index in [1.807, 2.05) is 21.1 Å². The molecule has 0 fully saturated rings. The molecule has 9 nitrogen and oxygen atoms in total. The fourth-order valence-corrected chi connectivity index (χ4v) is 7.46. The summed E-state index contributed by atoms with van der Waals surface area (Å²) in [4.78, 5) is 37.2. The van der Waals surface area contributed by atoms with Gasteiger partial charge in [-0.2, -0.15) is 0 Å². The number of carboxylic acids is 1. The smallest absolute Gasteiger partial charge is 0.306 e.